The van der Waals surface area contributed by atoms with Gasteiger partial charge in [0.25, 0.3) is 0 Å². The van der Waals surface area contributed by atoms with E-state index >= 15 is 0 Å². The van der Waals surface area contributed by atoms with Gasteiger partial charge in [-0.25, -0.2) is 9.18 Å². The molecule has 0 saturated heterocycles. The van der Waals surface area contributed by atoms with Crippen molar-refractivity contribution < 1.29 is 23.6 Å². The quantitative estimate of drug-likeness (QED) is 0.881. The molecular weight excluding hydrogens is 279 g/mol. The Morgan fingerprint density at radius 1 is 1.48 bits per heavy atom. The standard InChI is InChI=1S/C14H15FN2O4/c1-8(2)6-12-16-11(17-21-12)7-20-10-5-3-4-9(15)13(10)14(18)19/h3-5,8H,6-7H2,1-2H3,(H,18,19). The van der Waals surface area contributed by atoms with Crippen molar-refractivity contribution in [3.05, 3.63) is 41.3 Å². The number of nitrogens with zero attached hydrogens (tertiary/aromatic N) is 2. The number of halogens is 1. The molecule has 0 radical (unpaired) electrons. The van der Waals surface area contributed by atoms with Gasteiger partial charge in [0.15, 0.2) is 6.61 Å². The molecule has 0 aliphatic heterocycles. The van der Waals surface area contributed by atoms with E-state index in [1.165, 1.54) is 12.1 Å². The summed E-state index contributed by atoms with van der Waals surface area (Å²) in [7, 11) is 0. The molecule has 2 aromatic rings. The fourth-order valence-electron chi connectivity index (χ4n) is 1.76. The second-order valence-corrected chi connectivity index (χ2v) is 4.91. The highest BCUT2D eigenvalue weighted by molar-refractivity contribution is 5.91. The van der Waals surface area contributed by atoms with Crippen LogP contribution in [0.15, 0.2) is 22.7 Å². The number of aromatic nitrogens is 2. The zero-order valence-corrected chi connectivity index (χ0v) is 11.7. The van der Waals surface area contributed by atoms with Gasteiger partial charge >= 0.3 is 5.97 Å². The van der Waals surface area contributed by atoms with Crippen LogP contribution in [0.25, 0.3) is 0 Å². The van der Waals surface area contributed by atoms with E-state index in [1.54, 1.807) is 0 Å². The normalized spacial score (nSPS) is 10.9. The highest BCUT2D eigenvalue weighted by atomic mass is 19.1. The predicted molar refractivity (Wildman–Crippen MR) is 70.5 cm³/mol. The molecule has 0 atom stereocenters. The summed E-state index contributed by atoms with van der Waals surface area (Å²) >= 11 is 0. The molecule has 21 heavy (non-hydrogen) atoms. The Labute approximate surface area is 120 Å². The monoisotopic (exact) mass is 294 g/mol. The molecule has 7 heteroatoms. The van der Waals surface area contributed by atoms with Crippen LogP contribution in [0.1, 0.15) is 35.9 Å². The van der Waals surface area contributed by atoms with Gasteiger partial charge in [0, 0.05) is 6.42 Å². The number of hydrogen-bond acceptors (Lipinski definition) is 5. The number of benzene rings is 1. The molecule has 0 amide bonds. The summed E-state index contributed by atoms with van der Waals surface area (Å²) in [5.74, 6) is -1.17. The van der Waals surface area contributed by atoms with Crippen LogP contribution in [0.2, 0.25) is 0 Å². The lowest BCUT2D eigenvalue weighted by Crippen LogP contribution is -2.06. The maximum absolute atomic E-state index is 13.5. The van der Waals surface area contributed by atoms with Gasteiger partial charge < -0.3 is 14.4 Å². The van der Waals surface area contributed by atoms with Crippen LogP contribution >= 0.6 is 0 Å². The topological polar surface area (TPSA) is 85.5 Å². The molecule has 0 bridgehead atoms. The van der Waals surface area contributed by atoms with E-state index < -0.39 is 17.3 Å². The van der Waals surface area contributed by atoms with E-state index in [9.17, 15) is 9.18 Å². The van der Waals surface area contributed by atoms with Crippen LogP contribution in [-0.2, 0) is 13.0 Å². The average Bonchev–Trinajstić information content (AvgIpc) is 2.82. The van der Waals surface area contributed by atoms with Crippen LogP contribution in [0.3, 0.4) is 0 Å². The van der Waals surface area contributed by atoms with Gasteiger partial charge in [-0.05, 0) is 18.1 Å². The molecule has 1 N–H and O–H groups in total. The lowest BCUT2D eigenvalue weighted by atomic mass is 10.1. The minimum atomic E-state index is -1.39. The Morgan fingerprint density at radius 3 is 2.90 bits per heavy atom. The second kappa shape index (κ2) is 6.34. The number of rotatable bonds is 6. The Kier molecular flexibility index (Phi) is 4.52. The van der Waals surface area contributed by atoms with Crippen molar-refractivity contribution in [2.24, 2.45) is 5.92 Å². The molecular formula is C14H15FN2O4. The zero-order valence-electron chi connectivity index (χ0n) is 11.7. The van der Waals surface area contributed by atoms with Crippen molar-refractivity contribution in [2.45, 2.75) is 26.9 Å². The maximum atomic E-state index is 13.5. The number of hydrogen-bond donors (Lipinski definition) is 1. The van der Waals surface area contributed by atoms with Gasteiger partial charge in [-0.15, -0.1) is 0 Å². The smallest absolute Gasteiger partial charge is 0.342 e. The lowest BCUT2D eigenvalue weighted by Gasteiger charge is -2.07. The summed E-state index contributed by atoms with van der Waals surface area (Å²) in [6.07, 6.45) is 0.646. The fraction of sp³-hybridized carbons (Fsp3) is 0.357. The highest BCUT2D eigenvalue weighted by Crippen LogP contribution is 2.22. The fourth-order valence-corrected chi connectivity index (χ4v) is 1.76. The number of carboxylic acids is 1. The first-order valence-electron chi connectivity index (χ1n) is 6.43. The Bertz CT molecular complexity index is 640. The zero-order chi connectivity index (χ0) is 15.4. The van der Waals surface area contributed by atoms with Gasteiger partial charge in [-0.3, -0.25) is 0 Å². The molecule has 1 heterocycles. The van der Waals surface area contributed by atoms with Crippen molar-refractivity contribution in [2.75, 3.05) is 0 Å². The summed E-state index contributed by atoms with van der Waals surface area (Å²) in [6, 6.07) is 3.81. The second-order valence-electron chi connectivity index (χ2n) is 4.91. The van der Waals surface area contributed by atoms with Crippen molar-refractivity contribution in [3.8, 4) is 5.75 Å². The molecule has 112 valence electrons. The third kappa shape index (κ3) is 3.77. The summed E-state index contributed by atoms with van der Waals surface area (Å²) < 4.78 is 23.8. The molecule has 0 unspecified atom stereocenters. The van der Waals surface area contributed by atoms with Crippen LogP contribution in [-0.4, -0.2) is 21.2 Å². The number of ether oxygens (including phenoxy) is 1. The first kappa shape index (κ1) is 15.0. The lowest BCUT2D eigenvalue weighted by molar-refractivity contribution is 0.0686. The van der Waals surface area contributed by atoms with Crippen LogP contribution in [0, 0.1) is 11.7 Å². The Morgan fingerprint density at radius 2 is 2.24 bits per heavy atom. The first-order chi connectivity index (χ1) is 9.97. The number of carboxylic acid groups (broad SMARTS) is 1. The summed E-state index contributed by atoms with van der Waals surface area (Å²) in [5.41, 5.74) is -0.511. The number of aromatic carboxylic acids is 1. The van der Waals surface area contributed by atoms with Gasteiger partial charge in [0.05, 0.1) is 0 Å². The predicted octanol–water partition coefficient (Wildman–Crippen LogP) is 2.68. The molecule has 2 rings (SSSR count). The first-order valence-corrected chi connectivity index (χ1v) is 6.43. The van der Waals surface area contributed by atoms with Crippen molar-refractivity contribution in [1.29, 1.82) is 0 Å². The Hall–Kier alpha value is -2.44. The Balaban J connectivity index is 2.08. The van der Waals surface area contributed by atoms with E-state index in [-0.39, 0.29) is 18.2 Å². The van der Waals surface area contributed by atoms with Crippen molar-refractivity contribution >= 4 is 5.97 Å². The molecule has 0 spiro atoms. The third-order valence-electron chi connectivity index (χ3n) is 2.64. The third-order valence-corrected chi connectivity index (χ3v) is 2.64. The summed E-state index contributed by atoms with van der Waals surface area (Å²) in [6.45, 7) is 3.95. The highest BCUT2D eigenvalue weighted by Gasteiger charge is 2.17. The minimum absolute atomic E-state index is 0.0716. The van der Waals surface area contributed by atoms with E-state index in [1.807, 2.05) is 13.8 Å². The molecule has 0 aliphatic rings. The van der Waals surface area contributed by atoms with E-state index in [0.29, 0.717) is 18.2 Å². The molecule has 0 saturated carbocycles. The molecule has 0 aliphatic carbocycles. The maximum Gasteiger partial charge on any atom is 0.342 e. The molecule has 1 aromatic heterocycles. The summed E-state index contributed by atoms with van der Waals surface area (Å²) in [4.78, 5) is 15.1. The average molecular weight is 294 g/mol. The van der Waals surface area contributed by atoms with Crippen LogP contribution < -0.4 is 4.74 Å². The van der Waals surface area contributed by atoms with E-state index in [4.69, 9.17) is 14.4 Å². The van der Waals surface area contributed by atoms with Crippen molar-refractivity contribution in [3.63, 3.8) is 0 Å². The van der Waals surface area contributed by atoms with Crippen molar-refractivity contribution in [1.82, 2.24) is 10.1 Å². The SMILES string of the molecule is CC(C)Cc1nc(COc2cccc(F)c2C(=O)O)no1. The van der Waals surface area contributed by atoms with Gasteiger partial charge in [-0.1, -0.05) is 25.1 Å². The summed E-state index contributed by atoms with van der Waals surface area (Å²) in [5, 5.41) is 12.7. The minimum Gasteiger partial charge on any atom is -0.484 e. The van der Waals surface area contributed by atoms with Crippen LogP contribution in [0.5, 0.6) is 5.75 Å². The van der Waals surface area contributed by atoms with Gasteiger partial charge in [-0.2, -0.15) is 4.98 Å². The van der Waals surface area contributed by atoms with Gasteiger partial charge in [0.1, 0.15) is 17.1 Å². The molecule has 0 fully saturated rings. The van der Waals surface area contributed by atoms with E-state index in [2.05, 4.69) is 10.1 Å². The molecule has 6 nitrogen and oxygen atoms in total. The van der Waals surface area contributed by atoms with E-state index in [0.717, 1.165) is 6.07 Å². The largest absolute Gasteiger partial charge is 0.484 e. The number of carbonyl (C=O) groups is 1. The van der Waals surface area contributed by atoms with Crippen LogP contribution in [0.4, 0.5) is 4.39 Å². The van der Waals surface area contributed by atoms with Gasteiger partial charge in [0.2, 0.25) is 11.7 Å². The molecule has 1 aromatic carbocycles.